The Balaban J connectivity index is 1.89. The molecule has 1 heterocycles. The molecule has 2 aromatic carbocycles. The summed E-state index contributed by atoms with van der Waals surface area (Å²) >= 11 is 0. The third kappa shape index (κ3) is 5.15. The number of nitrogens with two attached hydrogens (primary N) is 1. The largest absolute Gasteiger partial charge is 0.872 e. The Bertz CT molecular complexity index is 1170. The highest BCUT2D eigenvalue weighted by atomic mass is 19.4. The number of halogens is 3. The van der Waals surface area contributed by atoms with Crippen LogP contribution in [0.1, 0.15) is 16.7 Å². The number of hydrogen-bond donors (Lipinski definition) is 1. The van der Waals surface area contributed by atoms with Gasteiger partial charge in [-0.05, 0) is 24.6 Å². The number of alkyl halides is 3. The lowest BCUT2D eigenvalue weighted by Gasteiger charge is -2.16. The highest BCUT2D eigenvalue weighted by Gasteiger charge is 2.31. The number of rotatable bonds is 6. The summed E-state index contributed by atoms with van der Waals surface area (Å²) < 4.78 is 50.6. The summed E-state index contributed by atoms with van der Waals surface area (Å²) in [6, 6.07) is 7.98. The molecule has 0 radical (unpaired) electrons. The second kappa shape index (κ2) is 8.68. The lowest BCUT2D eigenvalue weighted by Crippen LogP contribution is -2.76. The first kappa shape index (κ1) is 22.2. The summed E-state index contributed by atoms with van der Waals surface area (Å²) in [4.78, 5) is 24.0. The van der Waals surface area contributed by atoms with Gasteiger partial charge in [0.2, 0.25) is 0 Å². The van der Waals surface area contributed by atoms with Gasteiger partial charge in [-0.15, -0.1) is 13.2 Å². The van der Waals surface area contributed by atoms with Crippen LogP contribution in [0.15, 0.2) is 45.6 Å². The summed E-state index contributed by atoms with van der Waals surface area (Å²) in [6.07, 6.45) is -5.04. The first-order valence-corrected chi connectivity index (χ1v) is 9.10. The van der Waals surface area contributed by atoms with Crippen LogP contribution in [-0.4, -0.2) is 19.4 Å². The van der Waals surface area contributed by atoms with Gasteiger partial charge < -0.3 is 24.3 Å². The Morgan fingerprint density at radius 1 is 1.13 bits per heavy atom. The van der Waals surface area contributed by atoms with Crippen LogP contribution in [0.25, 0.3) is 11.0 Å². The molecule has 0 atom stereocenters. The molecule has 0 saturated carbocycles. The molecule has 0 amide bonds. The molecule has 0 aliphatic carbocycles. The van der Waals surface area contributed by atoms with Crippen molar-refractivity contribution in [3.05, 3.63) is 63.5 Å². The molecule has 164 valence electrons. The summed E-state index contributed by atoms with van der Waals surface area (Å²) in [5, 5.41) is 14.5. The fourth-order valence-electron chi connectivity index (χ4n) is 3.13. The summed E-state index contributed by atoms with van der Waals surface area (Å²) in [5.41, 5.74) is 0.790. The number of esters is 1. The minimum absolute atomic E-state index is 0.0778. The van der Waals surface area contributed by atoms with Crippen LogP contribution in [0.2, 0.25) is 0 Å². The Hall–Kier alpha value is -3.53. The molecule has 2 N–H and O–H groups in total. The van der Waals surface area contributed by atoms with Crippen LogP contribution >= 0.6 is 0 Å². The molecule has 3 aromatic rings. The van der Waals surface area contributed by atoms with Crippen molar-refractivity contribution >= 4 is 22.6 Å². The fraction of sp³-hybridized carbons (Fsp3) is 0.238. The van der Waals surface area contributed by atoms with Gasteiger partial charge in [0.05, 0.1) is 19.1 Å². The van der Waals surface area contributed by atoms with E-state index in [2.05, 4.69) is 9.47 Å². The molecule has 0 unspecified atom stereocenters. The molecule has 0 bridgehead atoms. The van der Waals surface area contributed by atoms with Crippen molar-refractivity contribution in [3.63, 3.8) is 0 Å². The third-order valence-electron chi connectivity index (χ3n) is 4.72. The van der Waals surface area contributed by atoms with Crippen LogP contribution in [0.5, 0.6) is 11.5 Å². The molecule has 0 spiro atoms. The van der Waals surface area contributed by atoms with Gasteiger partial charge in [-0.25, -0.2) is 4.79 Å². The summed E-state index contributed by atoms with van der Waals surface area (Å²) in [7, 11) is 1.21. The van der Waals surface area contributed by atoms with Gasteiger partial charge in [0.15, 0.2) is 0 Å². The van der Waals surface area contributed by atoms with Gasteiger partial charge in [0, 0.05) is 23.1 Å². The smallest absolute Gasteiger partial charge is 0.573 e. The average molecular weight is 437 g/mol. The molecular formula is C21H18F3NO6. The minimum atomic E-state index is -4.78. The fourth-order valence-corrected chi connectivity index (χ4v) is 3.13. The quantitative estimate of drug-likeness (QED) is 0.360. The zero-order valence-electron chi connectivity index (χ0n) is 16.5. The number of methoxy groups -OCH3 is 1. The third-order valence-corrected chi connectivity index (χ3v) is 4.72. The van der Waals surface area contributed by atoms with E-state index in [9.17, 15) is 27.9 Å². The Kier molecular flexibility index (Phi) is 6.21. The highest BCUT2D eigenvalue weighted by molar-refractivity contribution is 5.86. The first-order valence-electron chi connectivity index (χ1n) is 9.10. The van der Waals surface area contributed by atoms with Crippen molar-refractivity contribution in [2.45, 2.75) is 26.3 Å². The van der Waals surface area contributed by atoms with Crippen molar-refractivity contribution in [2.24, 2.45) is 0 Å². The predicted octanol–water partition coefficient (Wildman–Crippen LogP) is 2.18. The van der Waals surface area contributed by atoms with E-state index in [4.69, 9.17) is 4.42 Å². The summed E-state index contributed by atoms with van der Waals surface area (Å²) in [5.74, 6) is -1.31. The van der Waals surface area contributed by atoms with Crippen LogP contribution in [0.3, 0.4) is 0 Å². The monoisotopic (exact) mass is 437 g/mol. The van der Waals surface area contributed by atoms with Crippen molar-refractivity contribution in [1.29, 1.82) is 0 Å². The second-order valence-corrected chi connectivity index (χ2v) is 6.69. The zero-order chi connectivity index (χ0) is 22.8. The Labute approximate surface area is 174 Å². The van der Waals surface area contributed by atoms with E-state index in [1.54, 1.807) is 12.2 Å². The first-order chi connectivity index (χ1) is 14.6. The number of fused-ring (bicyclic) bond motifs is 1. The molecule has 31 heavy (non-hydrogen) atoms. The van der Waals surface area contributed by atoms with Crippen LogP contribution < -0.4 is 20.8 Å². The number of ether oxygens (including phenoxy) is 2. The normalized spacial score (nSPS) is 11.5. The van der Waals surface area contributed by atoms with Crippen molar-refractivity contribution in [2.75, 3.05) is 7.11 Å². The van der Waals surface area contributed by atoms with Gasteiger partial charge in [-0.3, -0.25) is 4.79 Å². The average Bonchev–Trinajstić information content (AvgIpc) is 2.70. The van der Waals surface area contributed by atoms with E-state index < -0.39 is 18.0 Å². The molecule has 10 heteroatoms. The predicted molar refractivity (Wildman–Crippen MR) is 101 cm³/mol. The Morgan fingerprint density at radius 2 is 1.81 bits per heavy atom. The molecule has 3 rings (SSSR count). The van der Waals surface area contributed by atoms with Crippen LogP contribution in [0, 0.1) is 6.92 Å². The number of carbonyl (C=O) groups is 1. The highest BCUT2D eigenvalue weighted by Crippen LogP contribution is 2.28. The number of quaternary nitrogens is 1. The maximum absolute atomic E-state index is 12.4. The molecule has 7 nitrogen and oxygen atoms in total. The van der Waals surface area contributed by atoms with E-state index in [1.807, 2.05) is 0 Å². The molecule has 0 aliphatic rings. The Morgan fingerprint density at radius 3 is 2.42 bits per heavy atom. The van der Waals surface area contributed by atoms with E-state index in [0.29, 0.717) is 16.6 Å². The topological polar surface area (TPSA) is 105 Å². The maximum atomic E-state index is 12.4. The van der Waals surface area contributed by atoms with Gasteiger partial charge in [0.1, 0.15) is 23.6 Å². The maximum Gasteiger partial charge on any atom is 0.573 e. The van der Waals surface area contributed by atoms with E-state index in [1.165, 1.54) is 31.4 Å². The number of aryl methyl sites for hydroxylation is 1. The second-order valence-electron chi connectivity index (χ2n) is 6.69. The zero-order valence-corrected chi connectivity index (χ0v) is 16.5. The van der Waals surface area contributed by atoms with E-state index in [-0.39, 0.29) is 41.2 Å². The summed E-state index contributed by atoms with van der Waals surface area (Å²) in [6.45, 7) is 1.73. The molecule has 0 fully saturated rings. The van der Waals surface area contributed by atoms with Gasteiger partial charge in [-0.1, -0.05) is 17.9 Å². The van der Waals surface area contributed by atoms with Crippen LogP contribution in [0.4, 0.5) is 18.9 Å². The van der Waals surface area contributed by atoms with Gasteiger partial charge in [0.25, 0.3) is 0 Å². The molecule has 0 aliphatic heterocycles. The van der Waals surface area contributed by atoms with E-state index >= 15 is 0 Å². The lowest BCUT2D eigenvalue weighted by molar-refractivity contribution is -0.589. The molecular weight excluding hydrogens is 419 g/mol. The van der Waals surface area contributed by atoms with Crippen molar-refractivity contribution in [3.8, 4) is 11.5 Å². The van der Waals surface area contributed by atoms with Gasteiger partial charge >= 0.3 is 18.0 Å². The van der Waals surface area contributed by atoms with Crippen molar-refractivity contribution in [1.82, 2.24) is 0 Å². The van der Waals surface area contributed by atoms with Gasteiger partial charge in [-0.2, -0.15) is 0 Å². The minimum Gasteiger partial charge on any atom is -0.872 e. The van der Waals surface area contributed by atoms with Crippen LogP contribution in [-0.2, 0) is 22.5 Å². The molecule has 1 aromatic heterocycles. The molecule has 0 saturated heterocycles. The van der Waals surface area contributed by atoms with Crippen molar-refractivity contribution < 1.29 is 42.3 Å². The number of benzene rings is 2. The van der Waals surface area contributed by atoms with E-state index in [0.717, 1.165) is 12.1 Å². The SMILES string of the molecule is COC(=O)Cc1c(C)c2ccc([O-])c(C[NH2+]c3ccc(OC(F)(F)F)cc3)c2oc1=O. The number of hydrogen-bond acceptors (Lipinski definition) is 6. The standard InChI is InChI=1S/C21H18F3NO6/c1-11-14-7-8-17(26)16(19(14)30-20(28)15(11)9-18(27)29-2)10-25-12-3-5-13(6-4-12)31-21(22,23)24/h3-8,25-26H,9-10H2,1-2H3. The number of carbonyl (C=O) groups excluding carboxylic acids is 1. The lowest BCUT2D eigenvalue weighted by atomic mass is 10.0.